The quantitative estimate of drug-likeness (QED) is 0.736. The molecule has 98 valence electrons. The number of nitrogens with one attached hydrogen (secondary N) is 2. The molecule has 0 saturated carbocycles. The molecular formula is C14H21N3O. The third-order valence-corrected chi connectivity index (χ3v) is 3.24. The van der Waals surface area contributed by atoms with Crippen molar-refractivity contribution in [3.8, 4) is 0 Å². The van der Waals surface area contributed by atoms with Gasteiger partial charge in [-0.15, -0.1) is 0 Å². The molecule has 2 rings (SSSR count). The van der Waals surface area contributed by atoms with Gasteiger partial charge in [0.05, 0.1) is 11.0 Å². The van der Waals surface area contributed by atoms with Crippen LogP contribution in [0.15, 0.2) is 29.1 Å². The molecule has 18 heavy (non-hydrogen) atoms. The first-order valence-electron chi connectivity index (χ1n) is 6.65. The summed E-state index contributed by atoms with van der Waals surface area (Å²) in [5.41, 5.74) is 1.95. The molecule has 4 nitrogen and oxygen atoms in total. The first kappa shape index (κ1) is 12.9. The summed E-state index contributed by atoms with van der Waals surface area (Å²) in [5.74, 6) is 0. The predicted octanol–water partition coefficient (Wildman–Crippen LogP) is 2.11. The summed E-state index contributed by atoms with van der Waals surface area (Å²) in [6.07, 6.45) is 4.66. The van der Waals surface area contributed by atoms with E-state index < -0.39 is 0 Å². The van der Waals surface area contributed by atoms with Crippen LogP contribution < -0.4 is 11.0 Å². The number of unbranched alkanes of at least 4 members (excludes halogenated alkanes) is 3. The average Bonchev–Trinajstić information content (AvgIpc) is 2.70. The van der Waals surface area contributed by atoms with E-state index in [0.29, 0.717) is 0 Å². The van der Waals surface area contributed by atoms with Gasteiger partial charge in [0.15, 0.2) is 0 Å². The summed E-state index contributed by atoms with van der Waals surface area (Å²) in [6.45, 7) is 1.88. The van der Waals surface area contributed by atoms with Crippen LogP contribution in [-0.4, -0.2) is 23.1 Å². The maximum Gasteiger partial charge on any atom is 0.326 e. The van der Waals surface area contributed by atoms with Crippen molar-refractivity contribution < 1.29 is 0 Å². The summed E-state index contributed by atoms with van der Waals surface area (Å²) in [5, 5.41) is 3.15. The number of hydrogen-bond donors (Lipinski definition) is 2. The van der Waals surface area contributed by atoms with Gasteiger partial charge in [-0.3, -0.25) is 4.57 Å². The second kappa shape index (κ2) is 6.40. The van der Waals surface area contributed by atoms with Gasteiger partial charge in [-0.2, -0.15) is 0 Å². The maximum atomic E-state index is 11.8. The van der Waals surface area contributed by atoms with Crippen LogP contribution in [0.25, 0.3) is 11.0 Å². The highest BCUT2D eigenvalue weighted by atomic mass is 16.1. The summed E-state index contributed by atoms with van der Waals surface area (Å²) in [4.78, 5) is 14.7. The lowest BCUT2D eigenvalue weighted by Gasteiger charge is -2.03. The highest BCUT2D eigenvalue weighted by Crippen LogP contribution is 2.10. The molecule has 4 heteroatoms. The number of H-pyrrole nitrogens is 1. The largest absolute Gasteiger partial charge is 0.326 e. The number of aromatic amines is 1. The van der Waals surface area contributed by atoms with E-state index in [9.17, 15) is 4.79 Å². The molecule has 0 atom stereocenters. The van der Waals surface area contributed by atoms with Crippen LogP contribution in [0.4, 0.5) is 0 Å². The lowest BCUT2D eigenvalue weighted by atomic mass is 10.2. The zero-order chi connectivity index (χ0) is 12.8. The molecule has 0 unspecified atom stereocenters. The Hall–Kier alpha value is -1.55. The number of imidazole rings is 1. The molecule has 0 aliphatic carbocycles. The second-order valence-corrected chi connectivity index (χ2v) is 4.62. The number of rotatable bonds is 7. The molecule has 1 aromatic heterocycles. The average molecular weight is 247 g/mol. The Labute approximate surface area is 107 Å². The van der Waals surface area contributed by atoms with Crippen LogP contribution >= 0.6 is 0 Å². The monoisotopic (exact) mass is 247 g/mol. The highest BCUT2D eigenvalue weighted by Gasteiger charge is 2.04. The fourth-order valence-electron chi connectivity index (χ4n) is 2.25. The van der Waals surface area contributed by atoms with Crippen molar-refractivity contribution in [2.75, 3.05) is 13.6 Å². The number of fused-ring (bicyclic) bond motifs is 1. The molecule has 1 heterocycles. The highest BCUT2D eigenvalue weighted by molar-refractivity contribution is 5.74. The number of benzene rings is 1. The van der Waals surface area contributed by atoms with Crippen molar-refractivity contribution in [2.45, 2.75) is 32.2 Å². The molecule has 0 bridgehead atoms. The van der Waals surface area contributed by atoms with E-state index in [2.05, 4.69) is 10.3 Å². The van der Waals surface area contributed by atoms with E-state index in [1.165, 1.54) is 19.3 Å². The number of hydrogen-bond acceptors (Lipinski definition) is 2. The summed E-state index contributed by atoms with van der Waals surface area (Å²) in [7, 11) is 1.98. The zero-order valence-electron chi connectivity index (χ0n) is 10.9. The van der Waals surface area contributed by atoms with E-state index in [-0.39, 0.29) is 5.69 Å². The van der Waals surface area contributed by atoms with Gasteiger partial charge in [0.25, 0.3) is 0 Å². The van der Waals surface area contributed by atoms with Crippen molar-refractivity contribution in [2.24, 2.45) is 0 Å². The van der Waals surface area contributed by atoms with E-state index in [1.807, 2.05) is 35.9 Å². The Bertz CT molecular complexity index is 541. The van der Waals surface area contributed by atoms with Gasteiger partial charge in [-0.25, -0.2) is 4.79 Å². The molecule has 2 N–H and O–H groups in total. The van der Waals surface area contributed by atoms with Crippen molar-refractivity contribution >= 4 is 11.0 Å². The standard InChI is InChI=1S/C14H21N3O/c1-15-10-6-2-3-7-11-17-13-9-5-4-8-12(13)16-14(17)18/h4-5,8-9,15H,2-3,6-7,10-11H2,1H3,(H,16,18). The number of nitrogens with zero attached hydrogens (tertiary/aromatic N) is 1. The Morgan fingerprint density at radius 2 is 1.94 bits per heavy atom. The molecule has 0 fully saturated rings. The van der Waals surface area contributed by atoms with Gasteiger partial charge in [0, 0.05) is 6.54 Å². The summed E-state index contributed by atoms with van der Waals surface area (Å²) >= 11 is 0. The van der Waals surface area contributed by atoms with Crippen LogP contribution in [-0.2, 0) is 6.54 Å². The predicted molar refractivity (Wildman–Crippen MR) is 75.0 cm³/mol. The van der Waals surface area contributed by atoms with E-state index in [1.54, 1.807) is 0 Å². The number of aromatic nitrogens is 2. The first-order chi connectivity index (χ1) is 8.83. The zero-order valence-corrected chi connectivity index (χ0v) is 10.9. The normalized spacial score (nSPS) is 11.2. The van der Waals surface area contributed by atoms with Crippen molar-refractivity contribution in [3.05, 3.63) is 34.7 Å². The lowest BCUT2D eigenvalue weighted by molar-refractivity contribution is 0.562. The van der Waals surface area contributed by atoms with E-state index in [4.69, 9.17) is 0 Å². The molecule has 0 aliphatic heterocycles. The van der Waals surface area contributed by atoms with Crippen LogP contribution in [0.2, 0.25) is 0 Å². The number of para-hydroxylation sites is 2. The van der Waals surface area contributed by atoms with Crippen LogP contribution in [0, 0.1) is 0 Å². The summed E-state index contributed by atoms with van der Waals surface area (Å²) in [6, 6.07) is 7.85. The smallest absolute Gasteiger partial charge is 0.320 e. The molecule has 0 radical (unpaired) electrons. The second-order valence-electron chi connectivity index (χ2n) is 4.62. The van der Waals surface area contributed by atoms with Gasteiger partial charge in [-0.05, 0) is 38.6 Å². The molecule has 2 aromatic rings. The van der Waals surface area contributed by atoms with Gasteiger partial charge in [0.1, 0.15) is 0 Å². The van der Waals surface area contributed by atoms with Crippen LogP contribution in [0.1, 0.15) is 25.7 Å². The van der Waals surface area contributed by atoms with Gasteiger partial charge in [-0.1, -0.05) is 25.0 Å². The lowest BCUT2D eigenvalue weighted by Crippen LogP contribution is -2.16. The Kier molecular flexibility index (Phi) is 4.59. The minimum Gasteiger partial charge on any atom is -0.320 e. The van der Waals surface area contributed by atoms with Crippen molar-refractivity contribution in [3.63, 3.8) is 0 Å². The SMILES string of the molecule is CNCCCCCCn1c(=O)[nH]c2ccccc21. The van der Waals surface area contributed by atoms with Crippen molar-refractivity contribution in [1.82, 2.24) is 14.9 Å². The van der Waals surface area contributed by atoms with E-state index in [0.717, 1.165) is 30.5 Å². The minimum absolute atomic E-state index is 0.00595. The van der Waals surface area contributed by atoms with Gasteiger partial charge >= 0.3 is 5.69 Å². The maximum absolute atomic E-state index is 11.8. The fourth-order valence-corrected chi connectivity index (χ4v) is 2.25. The molecule has 0 saturated heterocycles. The van der Waals surface area contributed by atoms with Gasteiger partial charge < -0.3 is 10.3 Å². The molecule has 0 spiro atoms. The van der Waals surface area contributed by atoms with Crippen LogP contribution in [0.5, 0.6) is 0 Å². The first-order valence-corrected chi connectivity index (χ1v) is 6.65. The molecule has 0 aliphatic rings. The van der Waals surface area contributed by atoms with Gasteiger partial charge in [0.2, 0.25) is 0 Å². The Balaban J connectivity index is 1.91. The van der Waals surface area contributed by atoms with E-state index >= 15 is 0 Å². The topological polar surface area (TPSA) is 49.8 Å². The minimum atomic E-state index is 0.00595. The molecule has 0 amide bonds. The Morgan fingerprint density at radius 3 is 2.78 bits per heavy atom. The third-order valence-electron chi connectivity index (χ3n) is 3.24. The fraction of sp³-hybridized carbons (Fsp3) is 0.500. The third kappa shape index (κ3) is 3.01. The molecular weight excluding hydrogens is 226 g/mol. The summed E-state index contributed by atoms with van der Waals surface area (Å²) < 4.78 is 1.84. The number of aryl methyl sites for hydroxylation is 1. The Morgan fingerprint density at radius 1 is 1.17 bits per heavy atom. The van der Waals surface area contributed by atoms with Crippen molar-refractivity contribution in [1.29, 1.82) is 0 Å². The molecule has 1 aromatic carbocycles. The van der Waals surface area contributed by atoms with Crippen LogP contribution in [0.3, 0.4) is 0 Å².